The molecule has 0 amide bonds. The zero-order valence-corrected chi connectivity index (χ0v) is 7.62. The average molecular weight is 198 g/mol. The van der Waals surface area contributed by atoms with Gasteiger partial charge in [0, 0.05) is 6.04 Å². The molecule has 5 heteroatoms. The van der Waals surface area contributed by atoms with Crippen LogP contribution in [0.15, 0.2) is 29.3 Å². The molecule has 0 aromatic heterocycles. The standard InChI is InChI=1S/C9H10N2O3/c1-7(10-14-2)8-5-3-4-6-9(8)11(12)13/h3-6H,1-2H3/b10-7+/i3D,4D,5D,6D. The molecule has 1 aromatic carbocycles. The van der Waals surface area contributed by atoms with Crippen molar-refractivity contribution in [2.24, 2.45) is 5.16 Å². The van der Waals surface area contributed by atoms with Gasteiger partial charge in [-0.15, -0.1) is 0 Å². The van der Waals surface area contributed by atoms with E-state index >= 15 is 0 Å². The second kappa shape index (κ2) is 4.36. The Morgan fingerprint density at radius 3 is 2.86 bits per heavy atom. The summed E-state index contributed by atoms with van der Waals surface area (Å²) in [7, 11) is 1.24. The second-order valence-electron chi connectivity index (χ2n) is 2.34. The van der Waals surface area contributed by atoms with Crippen LogP contribution in [0.2, 0.25) is 0 Å². The van der Waals surface area contributed by atoms with Crippen molar-refractivity contribution in [3.63, 3.8) is 0 Å². The summed E-state index contributed by atoms with van der Waals surface area (Å²) in [5.74, 6) is 0. The van der Waals surface area contributed by atoms with Crippen LogP contribution in [0.25, 0.3) is 0 Å². The molecule has 0 unspecified atom stereocenters. The van der Waals surface area contributed by atoms with E-state index in [0.29, 0.717) is 0 Å². The smallest absolute Gasteiger partial charge is 0.278 e. The van der Waals surface area contributed by atoms with Gasteiger partial charge in [0.1, 0.15) is 7.11 Å². The fourth-order valence-electron chi connectivity index (χ4n) is 0.887. The third kappa shape index (κ3) is 2.07. The summed E-state index contributed by atoms with van der Waals surface area (Å²) < 4.78 is 30.0. The number of benzene rings is 1. The fourth-order valence-corrected chi connectivity index (χ4v) is 0.887. The van der Waals surface area contributed by atoms with E-state index in [4.69, 9.17) is 5.48 Å². The zero-order chi connectivity index (χ0) is 14.0. The third-order valence-electron chi connectivity index (χ3n) is 1.44. The Morgan fingerprint density at radius 2 is 2.29 bits per heavy atom. The highest BCUT2D eigenvalue weighted by Gasteiger charge is 2.14. The van der Waals surface area contributed by atoms with Crippen molar-refractivity contribution >= 4 is 11.4 Å². The van der Waals surface area contributed by atoms with Crippen LogP contribution >= 0.6 is 0 Å². The van der Waals surface area contributed by atoms with Crippen molar-refractivity contribution in [1.29, 1.82) is 0 Å². The molecule has 0 fully saturated rings. The van der Waals surface area contributed by atoms with Crippen LogP contribution in [0.3, 0.4) is 0 Å². The monoisotopic (exact) mass is 198 g/mol. The number of hydrogen-bond acceptors (Lipinski definition) is 4. The summed E-state index contributed by atoms with van der Waals surface area (Å²) in [6.45, 7) is 1.37. The summed E-state index contributed by atoms with van der Waals surface area (Å²) in [5, 5.41) is 14.4. The lowest BCUT2D eigenvalue weighted by Gasteiger charge is -2.00. The van der Waals surface area contributed by atoms with E-state index < -0.39 is 34.8 Å². The maximum atomic E-state index is 10.9. The van der Waals surface area contributed by atoms with Crippen LogP contribution < -0.4 is 0 Å². The Balaban J connectivity index is 3.78. The predicted molar refractivity (Wildman–Crippen MR) is 52.3 cm³/mol. The lowest BCUT2D eigenvalue weighted by molar-refractivity contribution is -0.385. The molecular formula is C9H10N2O3. The zero-order valence-electron chi connectivity index (χ0n) is 11.6. The highest BCUT2D eigenvalue weighted by Crippen LogP contribution is 2.18. The summed E-state index contributed by atoms with van der Waals surface area (Å²) in [5.41, 5.74) is -0.969. The quantitative estimate of drug-likeness (QED) is 0.423. The van der Waals surface area contributed by atoms with Gasteiger partial charge in [0.25, 0.3) is 5.69 Å². The van der Waals surface area contributed by atoms with Crippen LogP contribution in [0.1, 0.15) is 18.0 Å². The van der Waals surface area contributed by atoms with Crippen molar-refractivity contribution in [3.05, 3.63) is 39.8 Å². The number of hydrogen-bond donors (Lipinski definition) is 0. The van der Waals surface area contributed by atoms with Crippen LogP contribution in [0.4, 0.5) is 5.69 Å². The van der Waals surface area contributed by atoms with E-state index in [1.54, 1.807) is 0 Å². The molecule has 0 heterocycles. The van der Waals surface area contributed by atoms with Crippen molar-refractivity contribution < 1.29 is 15.2 Å². The van der Waals surface area contributed by atoms with Crippen molar-refractivity contribution in [2.45, 2.75) is 6.92 Å². The topological polar surface area (TPSA) is 64.7 Å². The summed E-state index contributed by atoms with van der Waals surface area (Å²) in [6, 6.07) is -2.42. The minimum absolute atomic E-state index is 0.0104. The van der Waals surface area contributed by atoms with Gasteiger partial charge in [-0.1, -0.05) is 17.2 Å². The second-order valence-corrected chi connectivity index (χ2v) is 2.34. The molecule has 0 saturated carbocycles. The van der Waals surface area contributed by atoms with Gasteiger partial charge in [-0.05, 0) is 13.0 Å². The molecule has 0 N–H and O–H groups in total. The molecule has 0 aliphatic carbocycles. The predicted octanol–water partition coefficient (Wildman–Crippen LogP) is 1.97. The molecule has 74 valence electrons. The maximum absolute atomic E-state index is 10.9. The molecule has 0 aliphatic heterocycles. The van der Waals surface area contributed by atoms with Gasteiger partial charge in [-0.2, -0.15) is 0 Å². The Bertz CT molecular complexity index is 545. The van der Waals surface area contributed by atoms with Gasteiger partial charge in [0.2, 0.25) is 0 Å². The lowest BCUT2D eigenvalue weighted by Crippen LogP contribution is -2.01. The van der Waals surface area contributed by atoms with Crippen LogP contribution in [-0.4, -0.2) is 17.7 Å². The van der Waals surface area contributed by atoms with E-state index in [1.165, 1.54) is 14.0 Å². The number of para-hydroxylation sites is 1. The fraction of sp³-hybridized carbons (Fsp3) is 0.222. The molecule has 0 bridgehead atoms. The van der Waals surface area contributed by atoms with Gasteiger partial charge >= 0.3 is 0 Å². The average Bonchev–Trinajstić information content (AvgIpc) is 2.30. The number of nitrogens with zero attached hydrogens (tertiary/aromatic N) is 2. The minimum atomic E-state index is -0.859. The SMILES string of the molecule is [2H]c1c([2H])c([2H])c([N+](=O)[O-])c(/C(C)=N/OC)c1[2H]. The summed E-state index contributed by atoms with van der Waals surface area (Å²) in [4.78, 5) is 14.5. The van der Waals surface area contributed by atoms with Crippen LogP contribution in [0.5, 0.6) is 0 Å². The molecule has 0 saturated heterocycles. The highest BCUT2D eigenvalue weighted by molar-refractivity contribution is 6.01. The molecular weight excluding hydrogens is 184 g/mol. The number of rotatable bonds is 3. The van der Waals surface area contributed by atoms with E-state index in [9.17, 15) is 10.1 Å². The van der Waals surface area contributed by atoms with Gasteiger partial charge in [0.15, 0.2) is 0 Å². The van der Waals surface area contributed by atoms with E-state index in [-0.39, 0.29) is 11.3 Å². The first-order valence-corrected chi connectivity index (χ1v) is 3.65. The highest BCUT2D eigenvalue weighted by atomic mass is 16.6. The van der Waals surface area contributed by atoms with Crippen molar-refractivity contribution in [3.8, 4) is 0 Å². The number of nitro groups is 1. The van der Waals surface area contributed by atoms with Crippen LogP contribution in [0, 0.1) is 10.1 Å². The first kappa shape index (κ1) is 5.74. The van der Waals surface area contributed by atoms with Crippen molar-refractivity contribution in [1.82, 2.24) is 0 Å². The van der Waals surface area contributed by atoms with Gasteiger partial charge in [-0.25, -0.2) is 0 Å². The Morgan fingerprint density at radius 1 is 1.64 bits per heavy atom. The lowest BCUT2D eigenvalue weighted by atomic mass is 10.1. The molecule has 5 nitrogen and oxygen atoms in total. The molecule has 1 rings (SSSR count). The first-order valence-electron chi connectivity index (χ1n) is 5.65. The maximum Gasteiger partial charge on any atom is 0.278 e. The van der Waals surface area contributed by atoms with E-state index in [1.807, 2.05) is 0 Å². The molecule has 0 atom stereocenters. The normalized spacial score (nSPS) is 15.1. The molecule has 0 spiro atoms. The Labute approximate surface area is 86.8 Å². The van der Waals surface area contributed by atoms with E-state index in [0.717, 1.165) is 0 Å². The molecule has 0 radical (unpaired) electrons. The first-order chi connectivity index (χ1) is 8.32. The van der Waals surface area contributed by atoms with Gasteiger partial charge < -0.3 is 4.84 Å². The minimum Gasteiger partial charge on any atom is -0.399 e. The number of oxime groups is 1. The summed E-state index contributed by atoms with van der Waals surface area (Å²) >= 11 is 0. The van der Waals surface area contributed by atoms with Gasteiger partial charge in [0.05, 0.1) is 21.7 Å². The molecule has 0 aliphatic rings. The molecule has 14 heavy (non-hydrogen) atoms. The third-order valence-corrected chi connectivity index (χ3v) is 1.44. The Kier molecular flexibility index (Phi) is 1.79. The number of nitro benzene ring substituents is 1. The Hall–Kier alpha value is -1.91. The molecule has 1 aromatic rings. The largest absolute Gasteiger partial charge is 0.399 e. The van der Waals surface area contributed by atoms with E-state index in [2.05, 4.69) is 9.99 Å². The van der Waals surface area contributed by atoms with Gasteiger partial charge in [-0.3, -0.25) is 10.1 Å². The van der Waals surface area contributed by atoms with Crippen LogP contribution in [-0.2, 0) is 4.84 Å². The van der Waals surface area contributed by atoms with Crippen molar-refractivity contribution in [2.75, 3.05) is 7.11 Å². The summed E-state index contributed by atoms with van der Waals surface area (Å²) in [6.07, 6.45) is 0.